The van der Waals surface area contributed by atoms with Crippen LogP contribution < -0.4 is 4.90 Å². The molecule has 0 amide bonds. The zero-order chi connectivity index (χ0) is 32.6. The number of Topliss-reactive ketones (excluding diaryl/α,β-unsaturated/α-hetero) is 2. The minimum absolute atomic E-state index is 0.213. The second-order valence-corrected chi connectivity index (χ2v) is 12.8. The van der Waals surface area contributed by atoms with E-state index in [2.05, 4.69) is 114 Å². The van der Waals surface area contributed by atoms with Gasteiger partial charge in [0.25, 0.3) is 0 Å². The van der Waals surface area contributed by atoms with Crippen molar-refractivity contribution in [2.24, 2.45) is 0 Å². The number of benzene rings is 9. The highest BCUT2D eigenvalue weighted by atomic mass is 16.2. The number of anilines is 3. The molecule has 228 valence electrons. The highest BCUT2D eigenvalue weighted by molar-refractivity contribution is 6.42. The van der Waals surface area contributed by atoms with Gasteiger partial charge in [0.1, 0.15) is 0 Å². The van der Waals surface area contributed by atoms with Crippen LogP contribution in [0.5, 0.6) is 0 Å². The molecular formula is C46H27NO2. The Labute approximate surface area is 282 Å². The summed E-state index contributed by atoms with van der Waals surface area (Å²) in [4.78, 5) is 29.7. The average molecular weight is 626 g/mol. The summed E-state index contributed by atoms with van der Waals surface area (Å²) in [6.07, 6.45) is 1.80. The van der Waals surface area contributed by atoms with Gasteiger partial charge in [-0.05, 0) is 103 Å². The molecule has 0 aliphatic heterocycles. The van der Waals surface area contributed by atoms with Gasteiger partial charge in [0.15, 0.2) is 11.6 Å². The van der Waals surface area contributed by atoms with E-state index in [-0.39, 0.29) is 17.1 Å². The standard InChI is InChI=1S/C46H27NO2/c48-45-39-25-28-11-7-8-12-29(28)26-40(39)46(49)41(45)27-30-21-22-36-35-19-10-20-38-42(24-23-37(44(35)38)34-18-9-17-33(30)43(34)36)47(31-13-3-1-4-14-31)32-15-5-2-6-16-32/h1-27H. The fourth-order valence-electron chi connectivity index (χ4n) is 7.92. The van der Waals surface area contributed by atoms with Crippen molar-refractivity contribution in [2.75, 3.05) is 4.90 Å². The number of hydrogen-bond donors (Lipinski definition) is 0. The van der Waals surface area contributed by atoms with E-state index in [1.807, 2.05) is 48.5 Å². The van der Waals surface area contributed by atoms with Gasteiger partial charge in [-0.2, -0.15) is 0 Å². The van der Waals surface area contributed by atoms with E-state index >= 15 is 0 Å². The number of carbonyl (C=O) groups excluding carboxylic acids is 2. The Balaban J connectivity index is 1.19. The first-order valence-electron chi connectivity index (χ1n) is 16.5. The van der Waals surface area contributed by atoms with Crippen molar-refractivity contribution in [1.29, 1.82) is 0 Å². The van der Waals surface area contributed by atoms with Crippen molar-refractivity contribution < 1.29 is 9.59 Å². The third-order valence-corrected chi connectivity index (χ3v) is 10.1. The number of carbonyl (C=O) groups is 2. The lowest BCUT2D eigenvalue weighted by molar-refractivity contribution is 0.0990. The zero-order valence-corrected chi connectivity index (χ0v) is 26.4. The molecule has 0 atom stereocenters. The summed E-state index contributed by atoms with van der Waals surface area (Å²) in [5.41, 5.74) is 5.34. The van der Waals surface area contributed by atoms with Gasteiger partial charge < -0.3 is 4.90 Å². The molecule has 0 bridgehead atoms. The molecule has 9 aromatic rings. The molecule has 0 radical (unpaired) electrons. The van der Waals surface area contributed by atoms with Crippen LogP contribution in [0, 0.1) is 0 Å². The number of para-hydroxylation sites is 2. The molecule has 10 rings (SSSR count). The van der Waals surface area contributed by atoms with E-state index < -0.39 is 0 Å². The quantitative estimate of drug-likeness (QED) is 0.0845. The second kappa shape index (κ2) is 10.5. The summed E-state index contributed by atoms with van der Waals surface area (Å²) in [7, 11) is 0. The van der Waals surface area contributed by atoms with Gasteiger partial charge in [-0.15, -0.1) is 0 Å². The van der Waals surface area contributed by atoms with Crippen LogP contribution in [-0.4, -0.2) is 11.6 Å². The lowest BCUT2D eigenvalue weighted by atomic mass is 9.87. The summed E-state index contributed by atoms with van der Waals surface area (Å²) >= 11 is 0. The first-order valence-corrected chi connectivity index (χ1v) is 16.5. The largest absolute Gasteiger partial charge is 0.310 e. The van der Waals surface area contributed by atoms with Crippen LogP contribution in [0.25, 0.3) is 59.9 Å². The van der Waals surface area contributed by atoms with Crippen LogP contribution >= 0.6 is 0 Å². The van der Waals surface area contributed by atoms with E-state index in [9.17, 15) is 9.59 Å². The van der Waals surface area contributed by atoms with Crippen LogP contribution in [-0.2, 0) is 0 Å². The van der Waals surface area contributed by atoms with Crippen LogP contribution in [0.3, 0.4) is 0 Å². The predicted octanol–water partition coefficient (Wildman–Crippen LogP) is 11.8. The first-order chi connectivity index (χ1) is 24.2. The van der Waals surface area contributed by atoms with E-state index in [4.69, 9.17) is 0 Å². The van der Waals surface area contributed by atoms with Crippen molar-refractivity contribution in [1.82, 2.24) is 0 Å². The molecule has 9 aromatic carbocycles. The molecule has 1 aliphatic carbocycles. The van der Waals surface area contributed by atoms with Crippen molar-refractivity contribution in [3.8, 4) is 0 Å². The minimum atomic E-state index is -0.213. The minimum Gasteiger partial charge on any atom is -0.310 e. The molecule has 3 nitrogen and oxygen atoms in total. The van der Waals surface area contributed by atoms with Crippen molar-refractivity contribution in [2.45, 2.75) is 0 Å². The van der Waals surface area contributed by atoms with Crippen molar-refractivity contribution >= 4 is 88.6 Å². The second-order valence-electron chi connectivity index (χ2n) is 12.8. The molecule has 0 saturated heterocycles. The van der Waals surface area contributed by atoms with Gasteiger partial charge in [0.05, 0.1) is 11.3 Å². The van der Waals surface area contributed by atoms with Crippen molar-refractivity contribution in [3.63, 3.8) is 0 Å². The summed E-state index contributed by atoms with van der Waals surface area (Å²) in [6, 6.07) is 54.2. The maximum Gasteiger partial charge on any atom is 0.197 e. The van der Waals surface area contributed by atoms with Gasteiger partial charge >= 0.3 is 0 Å². The molecule has 3 heteroatoms. The van der Waals surface area contributed by atoms with Crippen LogP contribution in [0.2, 0.25) is 0 Å². The number of hydrogen-bond acceptors (Lipinski definition) is 3. The monoisotopic (exact) mass is 625 g/mol. The molecule has 0 saturated carbocycles. The summed E-state index contributed by atoms with van der Waals surface area (Å²) < 4.78 is 0. The SMILES string of the molecule is O=C1C(=Cc2ccc3c4cccc5c(N(c6ccccc6)c6ccccc6)ccc(c6cccc2c36)c54)C(=O)c2cc3ccccc3cc21. The topological polar surface area (TPSA) is 37.4 Å². The van der Waals surface area contributed by atoms with E-state index in [0.717, 1.165) is 54.9 Å². The average Bonchev–Trinajstić information content (AvgIpc) is 3.38. The molecule has 0 unspecified atom stereocenters. The number of nitrogens with zero attached hydrogens (tertiary/aromatic N) is 1. The third kappa shape index (κ3) is 4.03. The van der Waals surface area contributed by atoms with Crippen LogP contribution in [0.4, 0.5) is 17.1 Å². The number of fused-ring (bicyclic) bond motifs is 4. The van der Waals surface area contributed by atoms with Gasteiger partial charge in [-0.1, -0.05) is 115 Å². The fourth-order valence-corrected chi connectivity index (χ4v) is 7.92. The number of ketones is 2. The maximum atomic E-state index is 13.7. The zero-order valence-electron chi connectivity index (χ0n) is 26.4. The Morgan fingerprint density at radius 2 is 0.878 bits per heavy atom. The highest BCUT2D eigenvalue weighted by Crippen LogP contribution is 2.46. The van der Waals surface area contributed by atoms with Crippen LogP contribution in [0.1, 0.15) is 26.3 Å². The van der Waals surface area contributed by atoms with Gasteiger partial charge in [0, 0.05) is 27.9 Å². The Bertz CT molecular complexity index is 2730. The fraction of sp³-hybridized carbons (Fsp3) is 0. The smallest absolute Gasteiger partial charge is 0.197 e. The summed E-state index contributed by atoms with van der Waals surface area (Å²) in [5, 5.41) is 11.1. The van der Waals surface area contributed by atoms with Gasteiger partial charge in [-0.25, -0.2) is 0 Å². The van der Waals surface area contributed by atoms with E-state index in [0.29, 0.717) is 11.1 Å². The molecule has 0 fully saturated rings. The molecule has 1 aliphatic rings. The lowest BCUT2D eigenvalue weighted by Gasteiger charge is -2.27. The Morgan fingerprint density at radius 3 is 1.47 bits per heavy atom. The molecule has 0 heterocycles. The lowest BCUT2D eigenvalue weighted by Crippen LogP contribution is -2.10. The number of allylic oxidation sites excluding steroid dienone is 1. The number of rotatable bonds is 4. The van der Waals surface area contributed by atoms with Gasteiger partial charge in [-0.3, -0.25) is 9.59 Å². The van der Waals surface area contributed by atoms with Crippen LogP contribution in [0.15, 0.2) is 163 Å². The summed E-state index contributed by atoms with van der Waals surface area (Å²) in [5.74, 6) is -0.425. The predicted molar refractivity (Wildman–Crippen MR) is 203 cm³/mol. The molecule has 49 heavy (non-hydrogen) atoms. The van der Waals surface area contributed by atoms with E-state index in [1.165, 1.54) is 21.5 Å². The highest BCUT2D eigenvalue weighted by Gasteiger charge is 2.33. The molecule has 0 aromatic heterocycles. The normalized spacial score (nSPS) is 12.9. The van der Waals surface area contributed by atoms with Crippen molar-refractivity contribution in [3.05, 3.63) is 180 Å². The molecule has 0 spiro atoms. The van der Waals surface area contributed by atoms with E-state index in [1.54, 1.807) is 6.08 Å². The first kappa shape index (κ1) is 27.5. The maximum absolute atomic E-state index is 13.7. The summed E-state index contributed by atoms with van der Waals surface area (Å²) in [6.45, 7) is 0. The Kier molecular flexibility index (Phi) is 5.88. The molecular weight excluding hydrogens is 599 g/mol. The Morgan fingerprint density at radius 1 is 0.408 bits per heavy atom. The molecule has 0 N–H and O–H groups in total. The Hall–Kier alpha value is -6.58. The van der Waals surface area contributed by atoms with Gasteiger partial charge in [0.2, 0.25) is 0 Å². The third-order valence-electron chi connectivity index (χ3n) is 10.1.